The summed E-state index contributed by atoms with van der Waals surface area (Å²) in [5.74, 6) is 0.644. The van der Waals surface area contributed by atoms with E-state index in [4.69, 9.17) is 5.73 Å². The van der Waals surface area contributed by atoms with Crippen molar-refractivity contribution in [3.05, 3.63) is 18.5 Å². The van der Waals surface area contributed by atoms with Crippen LogP contribution in [0.15, 0.2) is 18.5 Å². The number of carbonyl (C=O) groups is 1. The topological polar surface area (TPSA) is 115 Å². The normalized spacial score (nSPS) is 10.4. The van der Waals surface area contributed by atoms with Crippen LogP contribution in [0.25, 0.3) is 5.95 Å². The zero-order valence-corrected chi connectivity index (χ0v) is 12.0. The van der Waals surface area contributed by atoms with Crippen LogP contribution < -0.4 is 16.0 Å². The highest BCUT2D eigenvalue weighted by atomic mass is 16.1. The van der Waals surface area contributed by atoms with Crippen molar-refractivity contribution in [2.45, 2.75) is 13.3 Å². The molecule has 0 bridgehead atoms. The van der Waals surface area contributed by atoms with Gasteiger partial charge in [-0.15, -0.1) is 0 Å². The van der Waals surface area contributed by atoms with Crippen LogP contribution in [-0.4, -0.2) is 50.8 Å². The molecule has 2 rings (SSSR count). The fourth-order valence-corrected chi connectivity index (χ4v) is 1.77. The van der Waals surface area contributed by atoms with Crippen molar-refractivity contribution in [3.63, 3.8) is 0 Å². The summed E-state index contributed by atoms with van der Waals surface area (Å²) in [6.07, 6.45) is 4.18. The Balaban J connectivity index is 2.33. The zero-order valence-electron chi connectivity index (χ0n) is 12.0. The second kappa shape index (κ2) is 6.64. The van der Waals surface area contributed by atoms with Crippen molar-refractivity contribution in [2.24, 2.45) is 0 Å². The molecule has 0 aliphatic rings. The molecule has 2 aromatic rings. The molecule has 0 atom stereocenters. The lowest BCUT2D eigenvalue weighted by Gasteiger charge is -2.21. The second-order valence-corrected chi connectivity index (χ2v) is 4.34. The van der Waals surface area contributed by atoms with E-state index in [-0.39, 0.29) is 18.4 Å². The molecule has 0 aliphatic heterocycles. The quantitative estimate of drug-likeness (QED) is 0.744. The summed E-state index contributed by atoms with van der Waals surface area (Å²) in [6, 6.07) is 1.76. The van der Waals surface area contributed by atoms with Crippen LogP contribution in [0.3, 0.4) is 0 Å². The summed E-state index contributed by atoms with van der Waals surface area (Å²) < 4.78 is 1.49. The molecule has 112 valence electrons. The number of hydrogen-bond donors (Lipinski definition) is 2. The largest absolute Gasteiger partial charge is 0.368 e. The molecule has 1 amide bonds. The minimum absolute atomic E-state index is 0.0866. The number of nitrogens with two attached hydrogens (primary N) is 1. The summed E-state index contributed by atoms with van der Waals surface area (Å²) in [6.45, 7) is 2.80. The van der Waals surface area contributed by atoms with Crippen molar-refractivity contribution in [3.8, 4) is 5.95 Å². The number of aromatic nitrogens is 5. The van der Waals surface area contributed by atoms with Gasteiger partial charge in [-0.3, -0.25) is 4.79 Å². The van der Waals surface area contributed by atoms with E-state index in [9.17, 15) is 4.79 Å². The van der Waals surface area contributed by atoms with E-state index in [1.54, 1.807) is 30.4 Å². The Morgan fingerprint density at radius 1 is 1.43 bits per heavy atom. The summed E-state index contributed by atoms with van der Waals surface area (Å²) >= 11 is 0. The van der Waals surface area contributed by atoms with Gasteiger partial charge in [0.15, 0.2) is 0 Å². The molecule has 2 aromatic heterocycles. The van der Waals surface area contributed by atoms with Gasteiger partial charge in [-0.05, 0) is 12.5 Å². The Morgan fingerprint density at radius 2 is 2.24 bits per heavy atom. The Kier molecular flexibility index (Phi) is 4.64. The molecular weight excluding hydrogens is 272 g/mol. The molecule has 9 nitrogen and oxygen atoms in total. The number of carbonyl (C=O) groups excluding carboxylic acids is 1. The molecule has 0 saturated heterocycles. The lowest BCUT2D eigenvalue weighted by molar-refractivity contribution is -0.119. The lowest BCUT2D eigenvalue weighted by Crippen LogP contribution is -2.37. The van der Waals surface area contributed by atoms with E-state index < -0.39 is 0 Å². The maximum absolute atomic E-state index is 11.6. The SMILES string of the molecule is CCCN(CC(=O)NC)c1nc(N)nc(-n2cccn2)n1. The number of nitrogens with zero attached hydrogens (tertiary/aromatic N) is 6. The summed E-state index contributed by atoms with van der Waals surface area (Å²) in [5.41, 5.74) is 5.73. The van der Waals surface area contributed by atoms with Crippen molar-refractivity contribution in [1.29, 1.82) is 0 Å². The van der Waals surface area contributed by atoms with Crippen LogP contribution in [0.5, 0.6) is 0 Å². The Morgan fingerprint density at radius 3 is 2.86 bits per heavy atom. The Bertz CT molecular complexity index is 597. The molecule has 0 spiro atoms. The minimum Gasteiger partial charge on any atom is -0.368 e. The number of nitrogen functional groups attached to an aromatic ring is 1. The van der Waals surface area contributed by atoms with Gasteiger partial charge in [-0.2, -0.15) is 20.1 Å². The number of amides is 1. The van der Waals surface area contributed by atoms with E-state index in [2.05, 4.69) is 25.4 Å². The van der Waals surface area contributed by atoms with Gasteiger partial charge in [0.1, 0.15) is 0 Å². The first-order chi connectivity index (χ1) is 10.1. The van der Waals surface area contributed by atoms with E-state index in [1.165, 1.54) is 4.68 Å². The molecule has 9 heteroatoms. The van der Waals surface area contributed by atoms with Gasteiger partial charge >= 0.3 is 0 Å². The highest BCUT2D eigenvalue weighted by Gasteiger charge is 2.15. The molecule has 21 heavy (non-hydrogen) atoms. The molecule has 0 aliphatic carbocycles. The first kappa shape index (κ1) is 14.7. The Labute approximate surface area is 122 Å². The van der Waals surface area contributed by atoms with Crippen LogP contribution in [-0.2, 0) is 4.79 Å². The average Bonchev–Trinajstić information content (AvgIpc) is 3.00. The van der Waals surface area contributed by atoms with Crippen LogP contribution in [0.4, 0.5) is 11.9 Å². The highest BCUT2D eigenvalue weighted by molar-refractivity contribution is 5.80. The van der Waals surface area contributed by atoms with Gasteiger partial charge in [-0.25, -0.2) is 4.68 Å². The predicted molar refractivity (Wildman–Crippen MR) is 77.9 cm³/mol. The molecule has 0 fully saturated rings. The predicted octanol–water partition coefficient (Wildman–Crippen LogP) is -0.398. The van der Waals surface area contributed by atoms with Crippen LogP contribution >= 0.6 is 0 Å². The minimum atomic E-state index is -0.122. The van der Waals surface area contributed by atoms with Gasteiger partial charge in [-0.1, -0.05) is 6.92 Å². The molecule has 0 radical (unpaired) electrons. The van der Waals surface area contributed by atoms with Gasteiger partial charge < -0.3 is 16.0 Å². The number of rotatable bonds is 6. The average molecular weight is 290 g/mol. The van der Waals surface area contributed by atoms with Gasteiger partial charge in [0.05, 0.1) is 6.54 Å². The number of nitrogens with one attached hydrogen (secondary N) is 1. The van der Waals surface area contributed by atoms with Crippen molar-refractivity contribution in [1.82, 2.24) is 30.0 Å². The maximum atomic E-state index is 11.6. The third-order valence-corrected chi connectivity index (χ3v) is 2.73. The summed E-state index contributed by atoms with van der Waals surface area (Å²) in [5, 5.41) is 6.64. The third kappa shape index (κ3) is 3.65. The van der Waals surface area contributed by atoms with Crippen molar-refractivity contribution in [2.75, 3.05) is 30.8 Å². The standard InChI is InChI=1S/C12H18N8O/c1-3-6-19(8-9(21)14-2)11-16-10(13)17-12(18-11)20-7-4-5-15-20/h4-5,7H,3,6,8H2,1-2H3,(H,14,21)(H2,13,16,17,18). The van der Waals surface area contributed by atoms with E-state index in [1.807, 2.05) is 6.92 Å². The smallest absolute Gasteiger partial charge is 0.257 e. The third-order valence-electron chi connectivity index (χ3n) is 2.73. The summed E-state index contributed by atoms with van der Waals surface area (Å²) in [4.78, 5) is 25.8. The van der Waals surface area contributed by atoms with Gasteiger partial charge in [0, 0.05) is 26.0 Å². The molecule has 0 unspecified atom stereocenters. The van der Waals surface area contributed by atoms with Crippen LogP contribution in [0, 0.1) is 0 Å². The van der Waals surface area contributed by atoms with E-state index >= 15 is 0 Å². The second-order valence-electron chi connectivity index (χ2n) is 4.34. The number of hydrogen-bond acceptors (Lipinski definition) is 7. The fraction of sp³-hybridized carbons (Fsp3) is 0.417. The van der Waals surface area contributed by atoms with E-state index in [0.29, 0.717) is 18.4 Å². The highest BCUT2D eigenvalue weighted by Crippen LogP contribution is 2.11. The van der Waals surface area contributed by atoms with Gasteiger partial charge in [0.2, 0.25) is 17.8 Å². The van der Waals surface area contributed by atoms with Crippen LogP contribution in [0.1, 0.15) is 13.3 Å². The monoisotopic (exact) mass is 290 g/mol. The fourth-order valence-electron chi connectivity index (χ4n) is 1.77. The Hall–Kier alpha value is -2.71. The van der Waals surface area contributed by atoms with Crippen LogP contribution in [0.2, 0.25) is 0 Å². The first-order valence-corrected chi connectivity index (χ1v) is 6.61. The molecule has 2 heterocycles. The molecule has 3 N–H and O–H groups in total. The number of likely N-dealkylation sites (N-methyl/N-ethyl adjacent to an activating group) is 1. The van der Waals surface area contributed by atoms with Crippen molar-refractivity contribution >= 4 is 17.8 Å². The number of anilines is 2. The zero-order chi connectivity index (χ0) is 15.2. The van der Waals surface area contributed by atoms with Crippen molar-refractivity contribution < 1.29 is 4.79 Å². The summed E-state index contributed by atoms with van der Waals surface area (Å²) in [7, 11) is 1.59. The molecular formula is C12H18N8O. The first-order valence-electron chi connectivity index (χ1n) is 6.61. The maximum Gasteiger partial charge on any atom is 0.257 e. The van der Waals surface area contributed by atoms with E-state index in [0.717, 1.165) is 6.42 Å². The molecule has 0 saturated carbocycles. The lowest BCUT2D eigenvalue weighted by atomic mass is 10.4. The van der Waals surface area contributed by atoms with Gasteiger partial charge in [0.25, 0.3) is 5.95 Å². The molecule has 0 aromatic carbocycles.